The second-order valence-corrected chi connectivity index (χ2v) is 6.04. The van der Waals surface area contributed by atoms with Gasteiger partial charge in [-0.3, -0.25) is 4.79 Å². The van der Waals surface area contributed by atoms with Crippen molar-refractivity contribution < 1.29 is 14.6 Å². The Morgan fingerprint density at radius 2 is 2.04 bits per heavy atom. The molecule has 0 bridgehead atoms. The van der Waals surface area contributed by atoms with Crippen molar-refractivity contribution in [3.05, 3.63) is 22.9 Å². The van der Waals surface area contributed by atoms with Crippen molar-refractivity contribution in [2.45, 2.75) is 45.3 Å². The first-order valence-electron chi connectivity index (χ1n) is 8.11. The predicted molar refractivity (Wildman–Crippen MR) is 94.5 cm³/mol. The lowest BCUT2D eigenvalue weighted by molar-refractivity contribution is -0.117. The van der Waals surface area contributed by atoms with Crippen LogP contribution in [0.4, 0.5) is 0 Å². The van der Waals surface area contributed by atoms with E-state index in [0.29, 0.717) is 31.5 Å². The lowest BCUT2D eigenvalue weighted by Crippen LogP contribution is -2.31. The number of nitrogens with one attached hydrogen (secondary N) is 1. The van der Waals surface area contributed by atoms with Crippen LogP contribution in [-0.2, 0) is 9.53 Å². The second kappa shape index (κ2) is 10.7. The van der Waals surface area contributed by atoms with Crippen LogP contribution < -0.4 is 0 Å². The van der Waals surface area contributed by atoms with E-state index in [1.807, 2.05) is 6.92 Å². The van der Waals surface area contributed by atoms with Crippen LogP contribution in [-0.4, -0.2) is 37.7 Å². The smallest absolute Gasteiger partial charge is 0.168 e. The molecule has 1 aliphatic carbocycles. The van der Waals surface area contributed by atoms with Crippen LogP contribution in [0.2, 0.25) is 6.32 Å². The fourth-order valence-corrected chi connectivity index (χ4v) is 3.12. The molecule has 6 heteroatoms. The number of carbonyl (C=O) groups is 1. The summed E-state index contributed by atoms with van der Waals surface area (Å²) in [6.07, 6.45) is 5.68. The molecule has 0 amide bonds. The number of hydrogen-bond donors (Lipinski definition) is 2. The molecule has 0 spiro atoms. The second-order valence-electron chi connectivity index (χ2n) is 5.79. The molecule has 2 N–H and O–H groups in total. The van der Waals surface area contributed by atoms with Gasteiger partial charge >= 0.3 is 0 Å². The van der Waals surface area contributed by atoms with Crippen molar-refractivity contribution in [1.29, 1.82) is 5.41 Å². The van der Waals surface area contributed by atoms with Crippen LogP contribution in [0, 0.1) is 17.2 Å². The number of hydrogen-bond acceptors (Lipinski definition) is 4. The fourth-order valence-electron chi connectivity index (χ4n) is 3.01. The molecule has 0 aromatic carbocycles. The first kappa shape index (κ1) is 20.0. The standard InChI is InChI=1S/C14H21NO3.C3H4BCl/c1-2-11(15)14-12(16)7-10(8-13(14)17)9-3-5-18-6-4-9;4-2-1-3-5/h9-10,15-16H,2-8H2,1H3;1,3H,2H2/b;3-1+. The Morgan fingerprint density at radius 1 is 1.39 bits per heavy atom. The average molecular weight is 338 g/mol. The molecular formula is C17H25BClNO3. The molecule has 1 atom stereocenters. The number of carbonyl (C=O) groups excluding carboxylic acids is 1. The van der Waals surface area contributed by atoms with Crippen LogP contribution in [0.15, 0.2) is 22.9 Å². The van der Waals surface area contributed by atoms with Gasteiger partial charge in [0.25, 0.3) is 0 Å². The molecule has 2 radical (unpaired) electrons. The van der Waals surface area contributed by atoms with Gasteiger partial charge < -0.3 is 15.3 Å². The maximum atomic E-state index is 12.1. The molecule has 126 valence electrons. The monoisotopic (exact) mass is 337 g/mol. The van der Waals surface area contributed by atoms with E-state index in [4.69, 9.17) is 29.6 Å². The minimum absolute atomic E-state index is 0.0536. The lowest BCUT2D eigenvalue weighted by Gasteiger charge is -2.32. The maximum Gasteiger partial charge on any atom is 0.168 e. The fraction of sp³-hybridized carbons (Fsp3) is 0.647. The zero-order valence-electron chi connectivity index (χ0n) is 13.7. The summed E-state index contributed by atoms with van der Waals surface area (Å²) in [5.74, 6) is 0.786. The normalized spacial score (nSPS) is 22.9. The lowest BCUT2D eigenvalue weighted by atomic mass is 9.75. The number of ether oxygens (including phenoxy) is 1. The highest BCUT2D eigenvalue weighted by Gasteiger charge is 2.34. The Hall–Kier alpha value is -1.07. The maximum absolute atomic E-state index is 12.1. The van der Waals surface area contributed by atoms with E-state index in [0.717, 1.165) is 26.1 Å². The van der Waals surface area contributed by atoms with Crippen LogP contribution >= 0.6 is 11.6 Å². The number of ketones is 1. The SMILES string of the molecule is CCC(=N)C1=C(O)CC(C2CCOCC2)CC1=O.[B]C/C=C/Cl. The Kier molecular flexibility index (Phi) is 9.26. The molecule has 4 nitrogen and oxygen atoms in total. The van der Waals surface area contributed by atoms with Crippen molar-refractivity contribution in [1.82, 2.24) is 0 Å². The number of allylic oxidation sites excluding steroid dienone is 3. The van der Waals surface area contributed by atoms with Gasteiger partial charge in [-0.05, 0) is 36.6 Å². The highest BCUT2D eigenvalue weighted by atomic mass is 35.5. The van der Waals surface area contributed by atoms with Gasteiger partial charge in [0.15, 0.2) is 5.78 Å². The molecule has 23 heavy (non-hydrogen) atoms. The third-order valence-electron chi connectivity index (χ3n) is 4.28. The van der Waals surface area contributed by atoms with Gasteiger partial charge in [0.1, 0.15) is 5.76 Å². The van der Waals surface area contributed by atoms with E-state index in [2.05, 4.69) is 0 Å². The van der Waals surface area contributed by atoms with Gasteiger partial charge in [-0.15, -0.1) is 0 Å². The van der Waals surface area contributed by atoms with Crippen molar-refractivity contribution in [3.8, 4) is 0 Å². The highest BCUT2D eigenvalue weighted by Crippen LogP contribution is 2.36. The molecule has 0 saturated carbocycles. The van der Waals surface area contributed by atoms with E-state index in [-0.39, 0.29) is 28.7 Å². The summed E-state index contributed by atoms with van der Waals surface area (Å²) in [5, 5.41) is 17.8. The van der Waals surface area contributed by atoms with Crippen molar-refractivity contribution in [2.75, 3.05) is 13.2 Å². The number of aliphatic hydroxyl groups excluding tert-OH is 1. The molecule has 1 saturated heterocycles. The number of halogens is 1. The van der Waals surface area contributed by atoms with Crippen LogP contribution in [0.25, 0.3) is 0 Å². The first-order valence-corrected chi connectivity index (χ1v) is 8.54. The molecule has 1 fully saturated rings. The summed E-state index contributed by atoms with van der Waals surface area (Å²) in [7, 11) is 4.97. The Bertz CT molecular complexity index is 470. The Morgan fingerprint density at radius 3 is 2.48 bits per heavy atom. The third kappa shape index (κ3) is 6.15. The summed E-state index contributed by atoms with van der Waals surface area (Å²) >= 11 is 5.04. The van der Waals surface area contributed by atoms with Gasteiger partial charge in [0.2, 0.25) is 0 Å². The van der Waals surface area contributed by atoms with E-state index >= 15 is 0 Å². The summed E-state index contributed by atoms with van der Waals surface area (Å²) < 4.78 is 5.33. The Labute approximate surface area is 144 Å². The van der Waals surface area contributed by atoms with E-state index in [1.54, 1.807) is 6.08 Å². The first-order chi connectivity index (χ1) is 11.0. The van der Waals surface area contributed by atoms with Gasteiger partial charge in [0, 0.05) is 31.8 Å². The molecule has 1 heterocycles. The minimum atomic E-state index is -0.0536. The summed E-state index contributed by atoms with van der Waals surface area (Å²) in [5.41, 5.74) is 1.95. The largest absolute Gasteiger partial charge is 0.511 e. The van der Waals surface area contributed by atoms with Gasteiger partial charge in [-0.2, -0.15) is 0 Å². The molecule has 1 aliphatic heterocycles. The Balaban J connectivity index is 0.000000463. The van der Waals surface area contributed by atoms with Crippen molar-refractivity contribution in [2.24, 2.45) is 11.8 Å². The topological polar surface area (TPSA) is 70.4 Å². The molecule has 1 unspecified atom stereocenters. The van der Waals surface area contributed by atoms with Crippen LogP contribution in [0.3, 0.4) is 0 Å². The van der Waals surface area contributed by atoms with Crippen molar-refractivity contribution in [3.63, 3.8) is 0 Å². The molecular weight excluding hydrogens is 312 g/mol. The number of aliphatic hydroxyl groups is 1. The van der Waals surface area contributed by atoms with E-state index < -0.39 is 0 Å². The van der Waals surface area contributed by atoms with Crippen molar-refractivity contribution >= 4 is 30.9 Å². The third-order valence-corrected chi connectivity index (χ3v) is 4.46. The average Bonchev–Trinajstić information content (AvgIpc) is 2.56. The summed E-state index contributed by atoms with van der Waals surface area (Å²) in [4.78, 5) is 12.1. The molecule has 2 rings (SSSR count). The highest BCUT2D eigenvalue weighted by molar-refractivity contribution is 6.25. The minimum Gasteiger partial charge on any atom is -0.511 e. The quantitative estimate of drug-likeness (QED) is 0.602. The molecule has 2 aliphatic rings. The van der Waals surface area contributed by atoms with E-state index in [9.17, 15) is 9.90 Å². The number of rotatable bonds is 4. The van der Waals surface area contributed by atoms with Gasteiger partial charge in [0.05, 0.1) is 13.4 Å². The number of Topliss-reactive ketones (excluding diaryl/α,β-unsaturated/α-hetero) is 1. The zero-order chi connectivity index (χ0) is 17.2. The van der Waals surface area contributed by atoms with Gasteiger partial charge in [-0.25, -0.2) is 0 Å². The predicted octanol–water partition coefficient (Wildman–Crippen LogP) is 3.96. The van der Waals surface area contributed by atoms with Crippen LogP contribution in [0.1, 0.15) is 39.0 Å². The van der Waals surface area contributed by atoms with Crippen LogP contribution in [0.5, 0.6) is 0 Å². The summed E-state index contributed by atoms with van der Waals surface area (Å²) in [6.45, 7) is 3.36. The zero-order valence-corrected chi connectivity index (χ0v) is 14.4. The molecule has 0 aromatic heterocycles. The van der Waals surface area contributed by atoms with Gasteiger partial charge in [-0.1, -0.05) is 30.9 Å². The summed E-state index contributed by atoms with van der Waals surface area (Å²) in [6, 6.07) is 0. The van der Waals surface area contributed by atoms with E-state index in [1.165, 1.54) is 5.54 Å². The molecule has 0 aromatic rings.